The number of hydrogen-bond donors (Lipinski definition) is 1. The Morgan fingerprint density at radius 3 is 2.40 bits per heavy atom. The van der Waals surface area contributed by atoms with Crippen molar-refractivity contribution < 1.29 is 18.8 Å². The first kappa shape index (κ1) is 22.7. The standard InChI is InChI=1S/C29H27N3O3/c1-34-19-23-15-21(13-14-27(23)35-2)17-25-29(33)32-18-26(22-11-7-4-8-12-22)30-24(28(32)31-25)16-20-9-5-3-6-10-20/h3-15,18,25H,16-17,19H2,1-2H3/p+1. The fourth-order valence-electron chi connectivity index (χ4n) is 4.54. The molecule has 1 aliphatic rings. The van der Waals surface area contributed by atoms with Crippen molar-refractivity contribution in [2.75, 3.05) is 19.5 Å². The van der Waals surface area contributed by atoms with E-state index < -0.39 is 0 Å². The van der Waals surface area contributed by atoms with Crippen molar-refractivity contribution in [1.29, 1.82) is 0 Å². The van der Waals surface area contributed by atoms with Crippen LogP contribution in [0.4, 0.5) is 5.82 Å². The zero-order valence-electron chi connectivity index (χ0n) is 19.9. The molecule has 1 unspecified atom stereocenters. The Balaban J connectivity index is 1.49. The maximum Gasteiger partial charge on any atom is 0.359 e. The number of carbonyl (C=O) groups is 1. The molecule has 0 saturated carbocycles. The van der Waals surface area contributed by atoms with Gasteiger partial charge in [-0.3, -0.25) is 5.32 Å². The van der Waals surface area contributed by atoms with Crippen LogP contribution in [0.25, 0.3) is 11.3 Å². The first-order chi connectivity index (χ1) is 17.2. The van der Waals surface area contributed by atoms with Crippen molar-refractivity contribution in [2.45, 2.75) is 25.5 Å². The summed E-state index contributed by atoms with van der Waals surface area (Å²) in [4.78, 5) is 18.5. The van der Waals surface area contributed by atoms with Crippen LogP contribution in [0.5, 0.6) is 5.75 Å². The lowest BCUT2D eigenvalue weighted by Gasteiger charge is -2.11. The van der Waals surface area contributed by atoms with Crippen LogP contribution in [0.2, 0.25) is 0 Å². The van der Waals surface area contributed by atoms with Crippen LogP contribution in [-0.2, 0) is 24.2 Å². The predicted octanol–water partition coefficient (Wildman–Crippen LogP) is 4.46. The highest BCUT2D eigenvalue weighted by atomic mass is 16.5. The van der Waals surface area contributed by atoms with Crippen molar-refractivity contribution in [3.05, 3.63) is 107 Å². The number of fused-ring (bicyclic) bond motifs is 1. The van der Waals surface area contributed by atoms with Crippen molar-refractivity contribution in [3.8, 4) is 17.0 Å². The van der Waals surface area contributed by atoms with Gasteiger partial charge in [-0.2, -0.15) is 4.57 Å². The molecule has 0 bridgehead atoms. The molecule has 1 N–H and O–H groups in total. The maximum absolute atomic E-state index is 13.5. The Kier molecular flexibility index (Phi) is 6.55. The number of anilines is 1. The zero-order chi connectivity index (χ0) is 24.2. The van der Waals surface area contributed by atoms with Gasteiger partial charge in [0.25, 0.3) is 0 Å². The smallest absolute Gasteiger partial charge is 0.359 e. The zero-order valence-corrected chi connectivity index (χ0v) is 19.9. The van der Waals surface area contributed by atoms with Gasteiger partial charge >= 0.3 is 11.7 Å². The van der Waals surface area contributed by atoms with E-state index in [2.05, 4.69) is 17.4 Å². The lowest BCUT2D eigenvalue weighted by Crippen LogP contribution is -2.44. The summed E-state index contributed by atoms with van der Waals surface area (Å²) in [6.45, 7) is 0.448. The van der Waals surface area contributed by atoms with Crippen LogP contribution in [0.1, 0.15) is 27.2 Å². The SMILES string of the molecule is COCc1cc(CC2Nc3c(Cc4ccccc4)nc(-c4ccccc4)c[n+]3C2=O)ccc1OC. The van der Waals surface area contributed by atoms with Gasteiger partial charge in [-0.1, -0.05) is 66.7 Å². The lowest BCUT2D eigenvalue weighted by molar-refractivity contribution is -0.552. The summed E-state index contributed by atoms with van der Waals surface area (Å²) in [6.07, 6.45) is 3.02. The minimum absolute atomic E-state index is 0.0120. The van der Waals surface area contributed by atoms with E-state index in [0.717, 1.165) is 45.2 Å². The highest BCUT2D eigenvalue weighted by molar-refractivity contribution is 5.82. The van der Waals surface area contributed by atoms with Crippen LogP contribution in [0.3, 0.4) is 0 Å². The van der Waals surface area contributed by atoms with Gasteiger partial charge in [0.2, 0.25) is 0 Å². The van der Waals surface area contributed by atoms with Crippen molar-refractivity contribution in [3.63, 3.8) is 0 Å². The maximum atomic E-state index is 13.5. The van der Waals surface area contributed by atoms with Gasteiger partial charge in [-0.25, -0.2) is 9.78 Å². The fourth-order valence-corrected chi connectivity index (χ4v) is 4.54. The van der Waals surface area contributed by atoms with Crippen molar-refractivity contribution in [2.24, 2.45) is 0 Å². The van der Waals surface area contributed by atoms with Gasteiger partial charge in [0.1, 0.15) is 23.3 Å². The second-order valence-electron chi connectivity index (χ2n) is 8.64. The van der Waals surface area contributed by atoms with Crippen LogP contribution < -0.4 is 14.6 Å². The van der Waals surface area contributed by atoms with Crippen LogP contribution in [-0.4, -0.2) is 31.2 Å². The molecular formula is C29H28N3O3+. The average molecular weight is 467 g/mol. The molecule has 1 atom stereocenters. The number of ether oxygens (including phenoxy) is 2. The molecule has 6 heteroatoms. The molecule has 0 fully saturated rings. The molecule has 0 spiro atoms. The molecule has 0 aliphatic carbocycles. The van der Waals surface area contributed by atoms with E-state index in [9.17, 15) is 4.79 Å². The molecule has 0 radical (unpaired) electrons. The topological polar surface area (TPSA) is 64.3 Å². The van der Waals surface area contributed by atoms with E-state index in [1.807, 2.05) is 72.9 Å². The van der Waals surface area contributed by atoms with E-state index in [4.69, 9.17) is 14.5 Å². The molecule has 4 aromatic rings. The molecule has 3 aromatic carbocycles. The third-order valence-electron chi connectivity index (χ3n) is 6.24. The number of benzene rings is 3. The molecule has 2 heterocycles. The minimum Gasteiger partial charge on any atom is -0.496 e. The van der Waals surface area contributed by atoms with E-state index in [-0.39, 0.29) is 11.9 Å². The molecule has 176 valence electrons. The summed E-state index contributed by atoms with van der Waals surface area (Å²) in [5.74, 6) is 1.55. The number of rotatable bonds is 8. The summed E-state index contributed by atoms with van der Waals surface area (Å²) in [5, 5.41) is 3.47. The van der Waals surface area contributed by atoms with Gasteiger partial charge < -0.3 is 9.47 Å². The summed E-state index contributed by atoms with van der Waals surface area (Å²) in [6, 6.07) is 25.8. The van der Waals surface area contributed by atoms with Crippen LogP contribution >= 0.6 is 0 Å². The Morgan fingerprint density at radius 2 is 1.69 bits per heavy atom. The first-order valence-corrected chi connectivity index (χ1v) is 11.7. The van der Waals surface area contributed by atoms with Crippen molar-refractivity contribution >= 4 is 11.7 Å². The van der Waals surface area contributed by atoms with Gasteiger partial charge in [-0.15, -0.1) is 0 Å². The number of carbonyl (C=O) groups excluding carboxylic acids is 1. The second kappa shape index (κ2) is 10.1. The third-order valence-corrected chi connectivity index (χ3v) is 6.24. The molecule has 0 saturated heterocycles. The second-order valence-corrected chi connectivity index (χ2v) is 8.64. The van der Waals surface area contributed by atoms with Gasteiger partial charge in [0.15, 0.2) is 6.04 Å². The van der Waals surface area contributed by atoms with E-state index >= 15 is 0 Å². The lowest BCUT2D eigenvalue weighted by atomic mass is 10.0. The largest absolute Gasteiger partial charge is 0.496 e. The Labute approximate surface area is 205 Å². The quantitative estimate of drug-likeness (QED) is 0.389. The molecule has 1 aliphatic heterocycles. The molecule has 6 nitrogen and oxygen atoms in total. The third kappa shape index (κ3) is 4.79. The monoisotopic (exact) mass is 466 g/mol. The average Bonchev–Trinajstić information content (AvgIpc) is 3.21. The van der Waals surface area contributed by atoms with Gasteiger partial charge in [0.05, 0.1) is 13.7 Å². The van der Waals surface area contributed by atoms with Crippen LogP contribution in [0.15, 0.2) is 85.1 Å². The number of aromatic nitrogens is 2. The number of nitrogens with one attached hydrogen (secondary N) is 1. The first-order valence-electron chi connectivity index (χ1n) is 11.7. The summed E-state index contributed by atoms with van der Waals surface area (Å²) in [5.41, 5.74) is 5.75. The van der Waals surface area contributed by atoms with E-state index in [0.29, 0.717) is 19.4 Å². The normalized spacial score (nSPS) is 14.5. The highest BCUT2D eigenvalue weighted by Crippen LogP contribution is 2.26. The summed E-state index contributed by atoms with van der Waals surface area (Å²) < 4.78 is 12.5. The Morgan fingerprint density at radius 1 is 0.943 bits per heavy atom. The summed E-state index contributed by atoms with van der Waals surface area (Å²) in [7, 11) is 3.31. The van der Waals surface area contributed by atoms with Gasteiger partial charge in [0, 0.05) is 31.1 Å². The molecule has 0 amide bonds. The molecule has 1 aromatic heterocycles. The highest BCUT2D eigenvalue weighted by Gasteiger charge is 2.41. The van der Waals surface area contributed by atoms with E-state index in [1.165, 1.54) is 0 Å². The van der Waals surface area contributed by atoms with E-state index in [1.54, 1.807) is 18.8 Å². The minimum atomic E-state index is -0.388. The van der Waals surface area contributed by atoms with Gasteiger partial charge in [-0.05, 0) is 23.3 Å². The number of hydrogen-bond acceptors (Lipinski definition) is 5. The summed E-state index contributed by atoms with van der Waals surface area (Å²) >= 11 is 0. The predicted molar refractivity (Wildman–Crippen MR) is 135 cm³/mol. The number of methoxy groups -OCH3 is 2. The Hall–Kier alpha value is -4.03. The molecule has 35 heavy (non-hydrogen) atoms. The van der Waals surface area contributed by atoms with Crippen LogP contribution in [0, 0.1) is 0 Å². The Bertz CT molecular complexity index is 1340. The van der Waals surface area contributed by atoms with Crippen molar-refractivity contribution in [1.82, 2.24) is 4.98 Å². The fraction of sp³-hybridized carbons (Fsp3) is 0.207. The number of nitrogens with zero attached hydrogens (tertiary/aromatic N) is 2. The molecule has 5 rings (SSSR count). The molecular weight excluding hydrogens is 438 g/mol.